The third-order valence-electron chi connectivity index (χ3n) is 6.61. The van der Waals surface area contributed by atoms with Gasteiger partial charge in [0.1, 0.15) is 0 Å². The molecule has 6 heteroatoms. The van der Waals surface area contributed by atoms with E-state index >= 15 is 0 Å². The molecule has 39 heavy (non-hydrogen) atoms. The van der Waals surface area contributed by atoms with Crippen molar-refractivity contribution in [3.8, 4) is 0 Å². The number of nitrogens with one attached hydrogen (secondary N) is 1. The number of allylic oxidation sites excluding steroid dienone is 9. The van der Waals surface area contributed by atoms with Crippen LogP contribution in [0.15, 0.2) is 101 Å². The Kier molecular flexibility index (Phi) is 11.8. The van der Waals surface area contributed by atoms with E-state index in [2.05, 4.69) is 48.2 Å². The SMILES string of the molecule is CC.CC1=C(/C=C/C(C)=C/C=C/C(C)=C\C(=O)Nc2ccccc2)C(C)(C)CCC1c1cnc(C(=O)O)cn1. The first-order valence-electron chi connectivity index (χ1n) is 13.4. The maximum atomic E-state index is 12.2. The maximum absolute atomic E-state index is 12.2. The van der Waals surface area contributed by atoms with Gasteiger partial charge in [-0.25, -0.2) is 9.78 Å². The first-order valence-corrected chi connectivity index (χ1v) is 13.4. The zero-order valence-corrected chi connectivity index (χ0v) is 24.2. The number of rotatable bonds is 8. The van der Waals surface area contributed by atoms with Crippen molar-refractivity contribution < 1.29 is 14.7 Å². The van der Waals surface area contributed by atoms with Crippen LogP contribution in [0.2, 0.25) is 0 Å². The molecule has 2 N–H and O–H groups in total. The summed E-state index contributed by atoms with van der Waals surface area (Å²) in [6, 6.07) is 9.37. The second-order valence-electron chi connectivity index (χ2n) is 10.1. The number of nitrogens with zero attached hydrogens (tertiary/aromatic N) is 2. The summed E-state index contributed by atoms with van der Waals surface area (Å²) in [6.45, 7) is 14.6. The average Bonchev–Trinajstić information content (AvgIpc) is 2.90. The molecule has 1 aromatic heterocycles. The lowest BCUT2D eigenvalue weighted by molar-refractivity contribution is -0.111. The van der Waals surface area contributed by atoms with Crippen LogP contribution in [0.25, 0.3) is 0 Å². The number of carboxylic acid groups (broad SMARTS) is 1. The summed E-state index contributed by atoms with van der Waals surface area (Å²) in [7, 11) is 0. The van der Waals surface area contributed by atoms with Gasteiger partial charge in [0.15, 0.2) is 5.69 Å². The summed E-state index contributed by atoms with van der Waals surface area (Å²) in [4.78, 5) is 31.7. The Balaban J connectivity index is 0.00000260. The number of carbonyl (C=O) groups is 2. The van der Waals surface area contributed by atoms with E-state index in [1.54, 1.807) is 12.3 Å². The molecule has 0 spiro atoms. The molecule has 206 valence electrons. The van der Waals surface area contributed by atoms with Gasteiger partial charge in [0.2, 0.25) is 5.91 Å². The van der Waals surface area contributed by atoms with Crippen LogP contribution < -0.4 is 5.32 Å². The molecule has 1 heterocycles. The lowest BCUT2D eigenvalue weighted by Crippen LogP contribution is -2.24. The van der Waals surface area contributed by atoms with E-state index in [-0.39, 0.29) is 22.9 Å². The Hall–Kier alpha value is -4.06. The van der Waals surface area contributed by atoms with Gasteiger partial charge in [-0.3, -0.25) is 9.78 Å². The lowest BCUT2D eigenvalue weighted by Gasteiger charge is -2.37. The molecule has 1 amide bonds. The van der Waals surface area contributed by atoms with E-state index < -0.39 is 5.97 Å². The van der Waals surface area contributed by atoms with E-state index in [9.17, 15) is 9.59 Å². The molecule has 0 bridgehead atoms. The summed E-state index contributed by atoms with van der Waals surface area (Å²) in [6.07, 6.45) is 16.6. The summed E-state index contributed by atoms with van der Waals surface area (Å²) >= 11 is 0. The number of anilines is 1. The van der Waals surface area contributed by atoms with Crippen LogP contribution in [0.4, 0.5) is 5.69 Å². The third-order valence-corrected chi connectivity index (χ3v) is 6.61. The molecule has 1 unspecified atom stereocenters. The number of para-hydroxylation sites is 1. The molecule has 1 aromatic carbocycles. The highest BCUT2D eigenvalue weighted by Crippen LogP contribution is 2.46. The van der Waals surface area contributed by atoms with Crippen molar-refractivity contribution in [2.24, 2.45) is 5.41 Å². The van der Waals surface area contributed by atoms with E-state index in [0.717, 1.165) is 35.4 Å². The molecular formula is C33H41N3O3. The zero-order valence-electron chi connectivity index (χ0n) is 24.2. The molecule has 0 radical (unpaired) electrons. The number of hydrogen-bond donors (Lipinski definition) is 2. The number of aromatic nitrogens is 2. The average molecular weight is 528 g/mol. The molecule has 0 aliphatic heterocycles. The quantitative estimate of drug-likeness (QED) is 0.267. The van der Waals surface area contributed by atoms with Gasteiger partial charge in [0, 0.05) is 17.7 Å². The highest BCUT2D eigenvalue weighted by Gasteiger charge is 2.33. The molecule has 2 aromatic rings. The van der Waals surface area contributed by atoms with Crippen molar-refractivity contribution in [3.63, 3.8) is 0 Å². The van der Waals surface area contributed by atoms with Crippen LogP contribution in [0, 0.1) is 5.41 Å². The van der Waals surface area contributed by atoms with Gasteiger partial charge >= 0.3 is 5.97 Å². The Labute approximate surface area is 233 Å². The van der Waals surface area contributed by atoms with Gasteiger partial charge in [-0.05, 0) is 62.3 Å². The highest BCUT2D eigenvalue weighted by molar-refractivity contribution is 5.99. The summed E-state index contributed by atoms with van der Waals surface area (Å²) in [5, 5.41) is 12.0. The minimum Gasteiger partial charge on any atom is -0.476 e. The van der Waals surface area contributed by atoms with Gasteiger partial charge in [-0.2, -0.15) is 0 Å². The topological polar surface area (TPSA) is 92.2 Å². The highest BCUT2D eigenvalue weighted by atomic mass is 16.4. The Morgan fingerprint density at radius 1 is 1.03 bits per heavy atom. The first kappa shape index (κ1) is 31.2. The molecule has 0 saturated carbocycles. The molecular weight excluding hydrogens is 486 g/mol. The minimum absolute atomic E-state index is 0.0209. The molecule has 0 saturated heterocycles. The second-order valence-corrected chi connectivity index (χ2v) is 10.1. The fourth-order valence-electron chi connectivity index (χ4n) is 4.51. The fourth-order valence-corrected chi connectivity index (χ4v) is 4.51. The van der Waals surface area contributed by atoms with Crippen LogP contribution >= 0.6 is 0 Å². The van der Waals surface area contributed by atoms with E-state index in [1.807, 2.05) is 76.3 Å². The first-order chi connectivity index (χ1) is 18.6. The molecule has 3 rings (SSSR count). The number of carboxylic acids is 1. The Morgan fingerprint density at radius 2 is 1.72 bits per heavy atom. The molecule has 1 aliphatic rings. The Bertz CT molecular complexity index is 1280. The van der Waals surface area contributed by atoms with Crippen molar-refractivity contribution in [1.82, 2.24) is 9.97 Å². The van der Waals surface area contributed by atoms with Crippen molar-refractivity contribution in [1.29, 1.82) is 0 Å². The van der Waals surface area contributed by atoms with Crippen molar-refractivity contribution in [2.75, 3.05) is 5.32 Å². The van der Waals surface area contributed by atoms with Crippen LogP contribution in [0.1, 0.15) is 83.4 Å². The van der Waals surface area contributed by atoms with Gasteiger partial charge in [0.05, 0.1) is 18.1 Å². The molecule has 0 fully saturated rings. The zero-order chi connectivity index (χ0) is 29.0. The summed E-state index contributed by atoms with van der Waals surface area (Å²) in [5.74, 6) is -1.12. The largest absolute Gasteiger partial charge is 0.476 e. The van der Waals surface area contributed by atoms with E-state index in [1.165, 1.54) is 17.3 Å². The molecule has 6 nitrogen and oxygen atoms in total. The van der Waals surface area contributed by atoms with Crippen LogP contribution in [0.3, 0.4) is 0 Å². The summed E-state index contributed by atoms with van der Waals surface area (Å²) < 4.78 is 0. The number of carbonyl (C=O) groups excluding carboxylic acids is 1. The van der Waals surface area contributed by atoms with Gasteiger partial charge in [-0.15, -0.1) is 0 Å². The number of hydrogen-bond acceptors (Lipinski definition) is 4. The monoisotopic (exact) mass is 527 g/mol. The van der Waals surface area contributed by atoms with Gasteiger partial charge < -0.3 is 10.4 Å². The maximum Gasteiger partial charge on any atom is 0.356 e. The normalized spacial score (nSPS) is 17.7. The van der Waals surface area contributed by atoms with Crippen molar-refractivity contribution >= 4 is 17.6 Å². The summed E-state index contributed by atoms with van der Waals surface area (Å²) in [5.41, 5.74) is 5.98. The molecule has 1 aliphatic carbocycles. The van der Waals surface area contributed by atoms with Gasteiger partial charge in [0.25, 0.3) is 0 Å². The number of aromatic carboxylic acids is 1. The van der Waals surface area contributed by atoms with E-state index in [0.29, 0.717) is 0 Å². The second kappa shape index (κ2) is 14.8. The number of benzene rings is 1. The smallest absolute Gasteiger partial charge is 0.356 e. The van der Waals surface area contributed by atoms with E-state index in [4.69, 9.17) is 5.11 Å². The predicted octanol–water partition coefficient (Wildman–Crippen LogP) is 8.06. The van der Waals surface area contributed by atoms with Crippen LogP contribution in [-0.4, -0.2) is 27.0 Å². The number of amides is 1. The standard InChI is InChI=1S/C31H35N3O3.C2H6/c1-21(10-9-11-22(2)18-29(35)34-24-12-7-6-8-13-24)14-15-26-23(3)25(16-17-31(26,4)5)27-19-33-28(20-32-27)30(36)37;1-2/h6-15,18-20,25H,16-17H2,1-5H3,(H,34,35)(H,36,37);1-2H3/b11-9+,15-14+,21-10+,22-18-;. The van der Waals surface area contributed by atoms with Crippen LogP contribution in [-0.2, 0) is 4.79 Å². The fraction of sp³-hybridized carbons (Fsp3) is 0.333. The molecule has 1 atom stereocenters. The van der Waals surface area contributed by atoms with Crippen molar-refractivity contribution in [3.05, 3.63) is 113 Å². The predicted molar refractivity (Wildman–Crippen MR) is 160 cm³/mol. The third kappa shape index (κ3) is 9.32. The van der Waals surface area contributed by atoms with Crippen molar-refractivity contribution in [2.45, 2.75) is 67.2 Å². The Morgan fingerprint density at radius 3 is 2.33 bits per heavy atom. The van der Waals surface area contributed by atoms with Gasteiger partial charge in [-0.1, -0.05) is 87.4 Å². The van der Waals surface area contributed by atoms with Crippen LogP contribution in [0.5, 0.6) is 0 Å². The minimum atomic E-state index is -1.07. The lowest BCUT2D eigenvalue weighted by atomic mass is 9.68.